The van der Waals surface area contributed by atoms with Crippen LogP contribution in [0.5, 0.6) is 11.5 Å². The largest absolute Gasteiger partial charge is 0.496 e. The fourth-order valence-electron chi connectivity index (χ4n) is 3.24. The van der Waals surface area contributed by atoms with E-state index >= 15 is 0 Å². The Balaban J connectivity index is 1.85. The molecule has 0 saturated heterocycles. The minimum absolute atomic E-state index is 0.291. The van der Waals surface area contributed by atoms with Crippen LogP contribution in [-0.2, 0) is 16.0 Å². The molecular weight excluding hydrogens is 435 g/mol. The predicted molar refractivity (Wildman–Crippen MR) is 124 cm³/mol. The van der Waals surface area contributed by atoms with Gasteiger partial charge in [0.1, 0.15) is 11.5 Å². The van der Waals surface area contributed by atoms with Crippen LogP contribution in [0.25, 0.3) is 11.1 Å². The van der Waals surface area contributed by atoms with Crippen LogP contribution in [0.4, 0.5) is 0 Å². The summed E-state index contributed by atoms with van der Waals surface area (Å²) in [5.41, 5.74) is 3.88. The maximum atomic E-state index is 11.8. The maximum absolute atomic E-state index is 11.8. The number of halogens is 2. The van der Waals surface area contributed by atoms with Crippen molar-refractivity contribution < 1.29 is 19.0 Å². The van der Waals surface area contributed by atoms with Crippen molar-refractivity contribution in [2.45, 2.75) is 26.4 Å². The van der Waals surface area contributed by atoms with Crippen molar-refractivity contribution in [2.75, 3.05) is 13.7 Å². The molecular formula is C25H24Cl2O4. The van der Waals surface area contributed by atoms with Gasteiger partial charge in [-0.15, -0.1) is 0 Å². The van der Waals surface area contributed by atoms with E-state index in [1.807, 2.05) is 42.5 Å². The lowest BCUT2D eigenvalue weighted by Gasteiger charge is -2.16. The fraction of sp³-hybridized carbons (Fsp3) is 0.240. The Morgan fingerprint density at radius 1 is 1.00 bits per heavy atom. The van der Waals surface area contributed by atoms with Crippen LogP contribution in [0.15, 0.2) is 60.7 Å². The SMILES string of the molecule is CCOC(=O)C(C)Oc1cc(Cl)c(Cc2ccc(OC)c(-c3ccccc3)c2)c(Cl)c1. The molecule has 0 N–H and O–H groups in total. The highest BCUT2D eigenvalue weighted by atomic mass is 35.5. The molecule has 0 aliphatic heterocycles. The lowest BCUT2D eigenvalue weighted by Crippen LogP contribution is -2.26. The first-order valence-electron chi connectivity index (χ1n) is 9.96. The summed E-state index contributed by atoms with van der Waals surface area (Å²) in [6, 6.07) is 19.4. The van der Waals surface area contributed by atoms with Crippen molar-refractivity contribution >= 4 is 29.2 Å². The number of carbonyl (C=O) groups excluding carboxylic acids is 1. The molecule has 4 nitrogen and oxygen atoms in total. The van der Waals surface area contributed by atoms with Gasteiger partial charge < -0.3 is 14.2 Å². The Hall–Kier alpha value is -2.69. The van der Waals surface area contributed by atoms with E-state index in [2.05, 4.69) is 6.07 Å². The lowest BCUT2D eigenvalue weighted by atomic mass is 9.98. The van der Waals surface area contributed by atoms with Crippen LogP contribution in [0.3, 0.4) is 0 Å². The number of ether oxygens (including phenoxy) is 3. The molecule has 0 spiro atoms. The summed E-state index contributed by atoms with van der Waals surface area (Å²) in [5.74, 6) is 0.772. The molecule has 0 aliphatic rings. The second-order valence-corrected chi connectivity index (χ2v) is 7.77. The average molecular weight is 459 g/mol. The number of carbonyl (C=O) groups is 1. The predicted octanol–water partition coefficient (Wildman–Crippen LogP) is 6.59. The first-order chi connectivity index (χ1) is 14.9. The number of methoxy groups -OCH3 is 1. The second kappa shape index (κ2) is 10.6. The Bertz CT molecular complexity index is 1030. The van der Waals surface area contributed by atoms with Gasteiger partial charge in [0.15, 0.2) is 6.10 Å². The summed E-state index contributed by atoms with van der Waals surface area (Å²) in [6.45, 7) is 3.66. The van der Waals surface area contributed by atoms with Crippen molar-refractivity contribution in [1.82, 2.24) is 0 Å². The van der Waals surface area contributed by atoms with Crippen LogP contribution in [0.1, 0.15) is 25.0 Å². The molecule has 0 radical (unpaired) electrons. The van der Waals surface area contributed by atoms with Crippen molar-refractivity contribution in [3.05, 3.63) is 81.8 Å². The summed E-state index contributed by atoms with van der Waals surface area (Å²) >= 11 is 13.0. The van der Waals surface area contributed by atoms with E-state index in [-0.39, 0.29) is 0 Å². The zero-order chi connectivity index (χ0) is 22.4. The fourth-order valence-corrected chi connectivity index (χ4v) is 3.84. The van der Waals surface area contributed by atoms with Gasteiger partial charge in [-0.1, -0.05) is 59.6 Å². The Kier molecular flexibility index (Phi) is 7.83. The van der Waals surface area contributed by atoms with Crippen LogP contribution in [-0.4, -0.2) is 25.8 Å². The summed E-state index contributed by atoms with van der Waals surface area (Å²) in [5, 5.41) is 0.936. The lowest BCUT2D eigenvalue weighted by molar-refractivity contribution is -0.150. The second-order valence-electron chi connectivity index (χ2n) is 6.96. The van der Waals surface area contributed by atoms with Gasteiger partial charge >= 0.3 is 5.97 Å². The maximum Gasteiger partial charge on any atom is 0.347 e. The van der Waals surface area contributed by atoms with Gasteiger partial charge in [-0.25, -0.2) is 4.79 Å². The van der Waals surface area contributed by atoms with Crippen LogP contribution in [0, 0.1) is 0 Å². The van der Waals surface area contributed by atoms with Crippen molar-refractivity contribution in [3.8, 4) is 22.6 Å². The molecule has 31 heavy (non-hydrogen) atoms. The number of hydrogen-bond acceptors (Lipinski definition) is 4. The van der Waals surface area contributed by atoms with E-state index in [0.717, 1.165) is 28.0 Å². The first-order valence-corrected chi connectivity index (χ1v) is 10.7. The standard InChI is InChI=1S/C25H24Cl2O4/c1-4-30-25(28)16(2)31-19-14-22(26)21(23(27)15-19)13-17-10-11-24(29-3)20(12-17)18-8-6-5-7-9-18/h5-12,14-16H,4,13H2,1-3H3. The van der Waals surface area contributed by atoms with Crippen molar-refractivity contribution in [3.63, 3.8) is 0 Å². The molecule has 1 unspecified atom stereocenters. The summed E-state index contributed by atoms with van der Waals surface area (Å²) in [6.07, 6.45) is -0.220. The van der Waals surface area contributed by atoms with E-state index in [9.17, 15) is 4.79 Å². The minimum atomic E-state index is -0.757. The number of hydrogen-bond donors (Lipinski definition) is 0. The van der Waals surface area contributed by atoms with E-state index < -0.39 is 12.1 Å². The Morgan fingerprint density at radius 2 is 1.68 bits per heavy atom. The van der Waals surface area contributed by atoms with Crippen LogP contribution >= 0.6 is 23.2 Å². The van der Waals surface area contributed by atoms with Gasteiger partial charge in [0, 0.05) is 22.0 Å². The summed E-state index contributed by atoms with van der Waals surface area (Å²) in [7, 11) is 1.66. The topological polar surface area (TPSA) is 44.8 Å². The quantitative estimate of drug-likeness (QED) is 0.357. The van der Waals surface area contributed by atoms with Crippen molar-refractivity contribution in [2.24, 2.45) is 0 Å². The molecule has 0 aliphatic carbocycles. The summed E-state index contributed by atoms with van der Waals surface area (Å²) < 4.78 is 16.1. The molecule has 162 valence electrons. The third-order valence-corrected chi connectivity index (χ3v) is 5.45. The Labute approximate surface area is 192 Å². The zero-order valence-electron chi connectivity index (χ0n) is 17.7. The molecule has 6 heteroatoms. The zero-order valence-corrected chi connectivity index (χ0v) is 19.2. The van der Waals surface area contributed by atoms with Gasteiger partial charge in [0.25, 0.3) is 0 Å². The molecule has 3 aromatic carbocycles. The third kappa shape index (κ3) is 5.72. The number of esters is 1. The van der Waals surface area contributed by atoms with Gasteiger partial charge in [0.05, 0.1) is 13.7 Å². The molecule has 0 heterocycles. The Morgan fingerprint density at radius 3 is 2.29 bits per heavy atom. The molecule has 0 amide bonds. The molecule has 3 rings (SSSR count). The van der Waals surface area contributed by atoms with E-state index in [1.54, 1.807) is 33.1 Å². The molecule has 0 aromatic heterocycles. The highest BCUT2D eigenvalue weighted by Crippen LogP contribution is 2.35. The van der Waals surface area contributed by atoms with E-state index in [4.69, 9.17) is 37.4 Å². The highest BCUT2D eigenvalue weighted by Gasteiger charge is 2.18. The van der Waals surface area contributed by atoms with Crippen molar-refractivity contribution in [1.29, 1.82) is 0 Å². The van der Waals surface area contributed by atoms with Gasteiger partial charge in [0.2, 0.25) is 0 Å². The molecule has 0 fully saturated rings. The molecule has 1 atom stereocenters. The number of rotatable bonds is 8. The van der Waals surface area contributed by atoms with Crippen LogP contribution in [0.2, 0.25) is 10.0 Å². The third-order valence-electron chi connectivity index (χ3n) is 4.78. The highest BCUT2D eigenvalue weighted by molar-refractivity contribution is 6.36. The number of benzene rings is 3. The van der Waals surface area contributed by atoms with Gasteiger partial charge in [-0.3, -0.25) is 0 Å². The van der Waals surface area contributed by atoms with Crippen LogP contribution < -0.4 is 9.47 Å². The monoisotopic (exact) mass is 458 g/mol. The summed E-state index contributed by atoms with van der Waals surface area (Å²) in [4.78, 5) is 11.8. The smallest absolute Gasteiger partial charge is 0.347 e. The normalized spacial score (nSPS) is 11.6. The van der Waals surface area contributed by atoms with E-state index in [0.29, 0.717) is 28.8 Å². The van der Waals surface area contributed by atoms with E-state index in [1.165, 1.54) is 0 Å². The molecule has 0 bridgehead atoms. The molecule has 3 aromatic rings. The molecule has 0 saturated carbocycles. The average Bonchev–Trinajstić information content (AvgIpc) is 2.77. The van der Waals surface area contributed by atoms with Gasteiger partial charge in [-0.2, -0.15) is 0 Å². The first kappa shape index (κ1) is 23.0. The van der Waals surface area contributed by atoms with Gasteiger partial charge in [-0.05, 0) is 54.8 Å². The minimum Gasteiger partial charge on any atom is -0.496 e.